The van der Waals surface area contributed by atoms with Crippen molar-refractivity contribution in [2.75, 3.05) is 10.6 Å². The molecule has 1 aliphatic carbocycles. The third-order valence-corrected chi connectivity index (χ3v) is 3.97. The van der Waals surface area contributed by atoms with E-state index >= 15 is 0 Å². The second kappa shape index (κ2) is 6.18. The third kappa shape index (κ3) is 3.27. The SMILES string of the molecule is C[C@H](Nc1ccc2c(c1)CCC2)C(=O)Nc1cccc(F)c1. The molecule has 2 N–H and O–H groups in total. The first-order valence-corrected chi connectivity index (χ1v) is 7.56. The van der Waals surface area contributed by atoms with E-state index in [0.717, 1.165) is 18.5 Å². The summed E-state index contributed by atoms with van der Waals surface area (Å²) in [4.78, 5) is 12.2. The Labute approximate surface area is 129 Å². The van der Waals surface area contributed by atoms with Crippen molar-refractivity contribution < 1.29 is 9.18 Å². The minimum atomic E-state index is -0.400. The van der Waals surface area contributed by atoms with Crippen molar-refractivity contribution in [2.24, 2.45) is 0 Å². The number of halogens is 1. The lowest BCUT2D eigenvalue weighted by Crippen LogP contribution is -2.31. The highest BCUT2D eigenvalue weighted by Crippen LogP contribution is 2.25. The van der Waals surface area contributed by atoms with Crippen LogP contribution in [-0.4, -0.2) is 11.9 Å². The zero-order valence-electron chi connectivity index (χ0n) is 12.5. The van der Waals surface area contributed by atoms with E-state index in [-0.39, 0.29) is 11.7 Å². The van der Waals surface area contributed by atoms with Crippen molar-refractivity contribution in [3.8, 4) is 0 Å². The zero-order valence-corrected chi connectivity index (χ0v) is 12.5. The summed E-state index contributed by atoms with van der Waals surface area (Å²) in [5.41, 5.74) is 4.18. The summed E-state index contributed by atoms with van der Waals surface area (Å²) in [5, 5.41) is 5.91. The van der Waals surface area contributed by atoms with Crippen LogP contribution in [-0.2, 0) is 17.6 Å². The number of hydrogen-bond donors (Lipinski definition) is 2. The van der Waals surface area contributed by atoms with Gasteiger partial charge in [0.25, 0.3) is 0 Å². The Morgan fingerprint density at radius 1 is 1.09 bits per heavy atom. The molecule has 1 aliphatic rings. The van der Waals surface area contributed by atoms with Crippen LogP contribution in [0.5, 0.6) is 0 Å². The van der Waals surface area contributed by atoms with Gasteiger partial charge in [-0.3, -0.25) is 4.79 Å². The molecular formula is C18H19FN2O. The molecule has 0 saturated carbocycles. The summed E-state index contributed by atoms with van der Waals surface area (Å²) in [7, 11) is 0. The summed E-state index contributed by atoms with van der Waals surface area (Å²) >= 11 is 0. The number of aryl methyl sites for hydroxylation is 2. The minimum absolute atomic E-state index is 0.189. The third-order valence-electron chi connectivity index (χ3n) is 3.97. The summed E-state index contributed by atoms with van der Waals surface area (Å²) in [5.74, 6) is -0.553. The molecule has 0 unspecified atom stereocenters. The molecule has 3 rings (SSSR count). The fourth-order valence-corrected chi connectivity index (χ4v) is 2.79. The largest absolute Gasteiger partial charge is 0.374 e. The molecular weight excluding hydrogens is 279 g/mol. The average molecular weight is 298 g/mol. The molecule has 1 atom stereocenters. The van der Waals surface area contributed by atoms with Crippen LogP contribution < -0.4 is 10.6 Å². The van der Waals surface area contributed by atoms with E-state index in [1.807, 2.05) is 6.07 Å². The predicted octanol–water partition coefficient (Wildman–Crippen LogP) is 3.75. The summed E-state index contributed by atoms with van der Waals surface area (Å²) in [6, 6.07) is 11.8. The van der Waals surface area contributed by atoms with Gasteiger partial charge in [0.05, 0.1) is 0 Å². The number of fused-ring (bicyclic) bond motifs is 1. The number of anilines is 2. The van der Waals surface area contributed by atoms with Crippen molar-refractivity contribution in [1.82, 2.24) is 0 Å². The molecule has 0 saturated heterocycles. The smallest absolute Gasteiger partial charge is 0.246 e. The van der Waals surface area contributed by atoms with E-state index in [1.54, 1.807) is 19.1 Å². The molecule has 0 fully saturated rings. The Morgan fingerprint density at radius 2 is 1.91 bits per heavy atom. The molecule has 3 nitrogen and oxygen atoms in total. The number of amides is 1. The highest BCUT2D eigenvalue weighted by Gasteiger charge is 2.15. The fourth-order valence-electron chi connectivity index (χ4n) is 2.79. The monoisotopic (exact) mass is 298 g/mol. The lowest BCUT2D eigenvalue weighted by molar-refractivity contribution is -0.116. The quantitative estimate of drug-likeness (QED) is 0.902. The average Bonchev–Trinajstić information content (AvgIpc) is 2.94. The maximum absolute atomic E-state index is 13.1. The first kappa shape index (κ1) is 14.6. The normalized spacial score (nSPS) is 14.3. The zero-order chi connectivity index (χ0) is 15.5. The Balaban J connectivity index is 1.63. The molecule has 0 aliphatic heterocycles. The molecule has 4 heteroatoms. The van der Waals surface area contributed by atoms with E-state index in [0.29, 0.717) is 5.69 Å². The van der Waals surface area contributed by atoms with Gasteiger partial charge in [-0.2, -0.15) is 0 Å². The molecule has 0 spiro atoms. The van der Waals surface area contributed by atoms with Crippen LogP contribution in [0.25, 0.3) is 0 Å². The van der Waals surface area contributed by atoms with Gasteiger partial charge in [0, 0.05) is 11.4 Å². The molecule has 0 radical (unpaired) electrons. The molecule has 22 heavy (non-hydrogen) atoms. The van der Waals surface area contributed by atoms with Crippen LogP contribution in [0, 0.1) is 5.82 Å². The maximum Gasteiger partial charge on any atom is 0.246 e. The van der Waals surface area contributed by atoms with Crippen LogP contribution in [0.15, 0.2) is 42.5 Å². The van der Waals surface area contributed by atoms with Crippen LogP contribution in [0.2, 0.25) is 0 Å². The van der Waals surface area contributed by atoms with Gasteiger partial charge >= 0.3 is 0 Å². The Hall–Kier alpha value is -2.36. The van der Waals surface area contributed by atoms with E-state index in [4.69, 9.17) is 0 Å². The van der Waals surface area contributed by atoms with Gasteiger partial charge in [0.1, 0.15) is 11.9 Å². The van der Waals surface area contributed by atoms with Crippen molar-refractivity contribution in [3.63, 3.8) is 0 Å². The van der Waals surface area contributed by atoms with E-state index < -0.39 is 6.04 Å². The van der Waals surface area contributed by atoms with Gasteiger partial charge < -0.3 is 10.6 Å². The van der Waals surface area contributed by atoms with Gasteiger partial charge in [0.15, 0.2) is 0 Å². The fraction of sp³-hybridized carbons (Fsp3) is 0.278. The van der Waals surface area contributed by atoms with E-state index in [1.165, 1.54) is 29.7 Å². The summed E-state index contributed by atoms with van der Waals surface area (Å²) < 4.78 is 13.1. The van der Waals surface area contributed by atoms with Gasteiger partial charge in [0.2, 0.25) is 5.91 Å². The molecule has 2 aromatic rings. The van der Waals surface area contributed by atoms with Crippen LogP contribution in [0.1, 0.15) is 24.5 Å². The topological polar surface area (TPSA) is 41.1 Å². The van der Waals surface area contributed by atoms with Gasteiger partial charge in [-0.1, -0.05) is 12.1 Å². The molecule has 0 aromatic heterocycles. The Kier molecular flexibility index (Phi) is 4.09. The van der Waals surface area contributed by atoms with Crippen molar-refractivity contribution >= 4 is 17.3 Å². The second-order valence-electron chi connectivity index (χ2n) is 5.70. The molecule has 0 heterocycles. The van der Waals surface area contributed by atoms with E-state index in [9.17, 15) is 9.18 Å². The second-order valence-corrected chi connectivity index (χ2v) is 5.70. The molecule has 1 amide bonds. The number of carbonyl (C=O) groups is 1. The van der Waals surface area contributed by atoms with Crippen molar-refractivity contribution in [3.05, 3.63) is 59.4 Å². The van der Waals surface area contributed by atoms with Gasteiger partial charge in [-0.15, -0.1) is 0 Å². The molecule has 114 valence electrons. The number of nitrogens with one attached hydrogen (secondary N) is 2. The lowest BCUT2D eigenvalue weighted by Gasteiger charge is -2.16. The number of carbonyl (C=O) groups excluding carboxylic acids is 1. The first-order chi connectivity index (χ1) is 10.6. The minimum Gasteiger partial charge on any atom is -0.374 e. The van der Waals surface area contributed by atoms with E-state index in [2.05, 4.69) is 22.8 Å². The maximum atomic E-state index is 13.1. The van der Waals surface area contributed by atoms with Crippen molar-refractivity contribution in [2.45, 2.75) is 32.2 Å². The Morgan fingerprint density at radius 3 is 2.73 bits per heavy atom. The van der Waals surface area contributed by atoms with Crippen molar-refractivity contribution in [1.29, 1.82) is 0 Å². The summed E-state index contributed by atoms with van der Waals surface area (Å²) in [6.07, 6.45) is 3.45. The number of hydrogen-bond acceptors (Lipinski definition) is 2. The molecule has 2 aromatic carbocycles. The van der Waals surface area contributed by atoms with Gasteiger partial charge in [-0.25, -0.2) is 4.39 Å². The number of benzene rings is 2. The van der Waals surface area contributed by atoms with Crippen LogP contribution in [0.3, 0.4) is 0 Å². The summed E-state index contributed by atoms with van der Waals surface area (Å²) in [6.45, 7) is 1.79. The molecule has 0 bridgehead atoms. The van der Waals surface area contributed by atoms with Crippen LogP contribution >= 0.6 is 0 Å². The number of rotatable bonds is 4. The first-order valence-electron chi connectivity index (χ1n) is 7.56. The van der Waals surface area contributed by atoms with Gasteiger partial charge in [-0.05, 0) is 67.6 Å². The predicted molar refractivity (Wildman–Crippen MR) is 86.6 cm³/mol. The Bertz CT molecular complexity index is 699. The highest BCUT2D eigenvalue weighted by molar-refractivity contribution is 5.96. The highest BCUT2D eigenvalue weighted by atomic mass is 19.1. The lowest BCUT2D eigenvalue weighted by atomic mass is 10.1. The standard InChI is InChI=1S/C18H19FN2O/c1-12(18(22)21-16-7-3-6-15(19)11-16)20-17-9-8-13-4-2-5-14(13)10-17/h3,6-12,20H,2,4-5H2,1H3,(H,21,22)/t12-/m0/s1. The van der Waals surface area contributed by atoms with Crippen LogP contribution in [0.4, 0.5) is 15.8 Å².